The summed E-state index contributed by atoms with van der Waals surface area (Å²) in [4.78, 5) is 2.36. The summed E-state index contributed by atoms with van der Waals surface area (Å²) in [5, 5.41) is 11.2. The van der Waals surface area contributed by atoms with Crippen LogP contribution < -0.4 is 4.90 Å². The minimum absolute atomic E-state index is 0.869. The molecule has 10 aromatic rings. The Morgan fingerprint density at radius 1 is 0.300 bits per heavy atom. The third-order valence-electron chi connectivity index (χ3n) is 10.0. The molecule has 2 nitrogen and oxygen atoms in total. The van der Waals surface area contributed by atoms with Crippen molar-refractivity contribution in [3.63, 3.8) is 0 Å². The minimum atomic E-state index is 0.869. The van der Waals surface area contributed by atoms with Crippen LogP contribution in [0.25, 0.3) is 76.5 Å². The highest BCUT2D eigenvalue weighted by Crippen LogP contribution is 2.42. The lowest BCUT2D eigenvalue weighted by Gasteiger charge is -2.26. The summed E-state index contributed by atoms with van der Waals surface area (Å²) in [6, 6.07) is 67.6. The molecule has 0 aliphatic rings. The normalized spacial score (nSPS) is 11.6. The van der Waals surface area contributed by atoms with Gasteiger partial charge < -0.3 is 9.32 Å². The number of rotatable bonds is 5. The molecule has 0 saturated heterocycles. The number of furan rings is 1. The number of fused-ring (bicyclic) bond motifs is 8. The van der Waals surface area contributed by atoms with Gasteiger partial charge in [0, 0.05) is 28.0 Å². The second kappa shape index (κ2) is 11.5. The molecule has 0 aliphatic heterocycles. The number of hydrogen-bond acceptors (Lipinski definition) is 2. The lowest BCUT2D eigenvalue weighted by Crippen LogP contribution is -2.10. The maximum Gasteiger partial charge on any atom is 0.135 e. The highest BCUT2D eigenvalue weighted by molar-refractivity contribution is 6.25. The molecule has 0 N–H and O–H groups in total. The van der Waals surface area contributed by atoms with Crippen molar-refractivity contribution in [2.75, 3.05) is 4.90 Å². The average molecular weight is 638 g/mol. The van der Waals surface area contributed by atoms with Crippen LogP contribution in [0, 0.1) is 0 Å². The van der Waals surface area contributed by atoms with Crippen molar-refractivity contribution in [2.45, 2.75) is 0 Å². The van der Waals surface area contributed by atoms with Crippen LogP contribution in [0.15, 0.2) is 192 Å². The molecule has 234 valence electrons. The van der Waals surface area contributed by atoms with Crippen LogP contribution in [0.4, 0.5) is 17.1 Å². The van der Waals surface area contributed by atoms with Crippen molar-refractivity contribution >= 4 is 71.1 Å². The number of para-hydroxylation sites is 1. The smallest absolute Gasteiger partial charge is 0.135 e. The van der Waals surface area contributed by atoms with Crippen LogP contribution in [-0.2, 0) is 0 Å². The fraction of sp³-hybridized carbons (Fsp3) is 0. The zero-order valence-corrected chi connectivity index (χ0v) is 27.3. The maximum absolute atomic E-state index is 6.22. The van der Waals surface area contributed by atoms with Crippen molar-refractivity contribution in [1.82, 2.24) is 0 Å². The van der Waals surface area contributed by atoms with E-state index in [1.165, 1.54) is 54.2 Å². The molecular formula is C48H31NO. The van der Waals surface area contributed by atoms with Gasteiger partial charge in [-0.3, -0.25) is 0 Å². The molecule has 0 atom stereocenters. The van der Waals surface area contributed by atoms with Gasteiger partial charge in [-0.25, -0.2) is 0 Å². The summed E-state index contributed by atoms with van der Waals surface area (Å²) in [6.07, 6.45) is 0. The predicted octanol–water partition coefficient (Wildman–Crippen LogP) is 13.8. The van der Waals surface area contributed by atoms with Gasteiger partial charge in [0.25, 0.3) is 0 Å². The van der Waals surface area contributed by atoms with Gasteiger partial charge in [0.15, 0.2) is 0 Å². The SMILES string of the molecule is c1ccc2cc(-c3ccc(N(c4ccc(-c5cc6ccccc6o5)cc4)c4ccc5c6ccccc6c6ccccc6c5c4)cc3)ccc2c1. The van der Waals surface area contributed by atoms with Gasteiger partial charge in [-0.15, -0.1) is 0 Å². The van der Waals surface area contributed by atoms with E-state index in [0.717, 1.165) is 39.4 Å². The second-order valence-electron chi connectivity index (χ2n) is 13.0. The van der Waals surface area contributed by atoms with E-state index in [9.17, 15) is 0 Å². The van der Waals surface area contributed by atoms with Crippen LogP contribution in [0.5, 0.6) is 0 Å². The van der Waals surface area contributed by atoms with Crippen LogP contribution in [0.1, 0.15) is 0 Å². The van der Waals surface area contributed by atoms with Gasteiger partial charge in [0.2, 0.25) is 0 Å². The molecule has 10 rings (SSSR count). The largest absolute Gasteiger partial charge is 0.456 e. The first-order valence-electron chi connectivity index (χ1n) is 17.1. The molecule has 0 amide bonds. The van der Waals surface area contributed by atoms with E-state index in [1.54, 1.807) is 0 Å². The standard InChI is InChI=1S/C48H31NO/c1-2-10-35-29-36(18-17-32(35)9-1)33-19-23-38(24-20-33)49(39-25-21-34(22-26-39)48-30-37-11-3-8-16-47(37)50-48)40-27-28-45-43-14-5-4-12-41(43)42-13-6-7-15-44(42)46(45)31-40/h1-31H. The predicted molar refractivity (Wildman–Crippen MR) is 212 cm³/mol. The summed E-state index contributed by atoms with van der Waals surface area (Å²) in [5.41, 5.74) is 7.62. The average Bonchev–Trinajstić information content (AvgIpc) is 3.63. The third-order valence-corrected chi connectivity index (χ3v) is 10.0. The fourth-order valence-corrected chi connectivity index (χ4v) is 7.55. The first-order valence-corrected chi connectivity index (χ1v) is 17.1. The van der Waals surface area contributed by atoms with E-state index in [-0.39, 0.29) is 0 Å². The summed E-state index contributed by atoms with van der Waals surface area (Å²) >= 11 is 0. The van der Waals surface area contributed by atoms with Gasteiger partial charge in [-0.1, -0.05) is 121 Å². The van der Waals surface area contributed by atoms with Crippen molar-refractivity contribution in [3.05, 3.63) is 188 Å². The fourth-order valence-electron chi connectivity index (χ4n) is 7.55. The monoisotopic (exact) mass is 637 g/mol. The molecule has 0 unspecified atom stereocenters. The van der Waals surface area contributed by atoms with Crippen LogP contribution in [0.3, 0.4) is 0 Å². The molecule has 0 radical (unpaired) electrons. The van der Waals surface area contributed by atoms with Crippen molar-refractivity contribution in [2.24, 2.45) is 0 Å². The molecule has 0 fully saturated rings. The molecule has 1 heterocycles. The van der Waals surface area contributed by atoms with Crippen molar-refractivity contribution < 1.29 is 4.42 Å². The molecule has 0 bridgehead atoms. The Kier molecular flexibility index (Phi) is 6.53. The lowest BCUT2D eigenvalue weighted by molar-refractivity contribution is 0.631. The zero-order valence-electron chi connectivity index (χ0n) is 27.3. The number of anilines is 3. The van der Waals surface area contributed by atoms with Crippen LogP contribution >= 0.6 is 0 Å². The quantitative estimate of drug-likeness (QED) is 0.175. The zero-order chi connectivity index (χ0) is 33.0. The lowest BCUT2D eigenvalue weighted by atomic mass is 9.94. The first-order chi connectivity index (χ1) is 24.8. The molecule has 0 saturated carbocycles. The Hall–Kier alpha value is -6.64. The highest BCUT2D eigenvalue weighted by atomic mass is 16.3. The molecule has 50 heavy (non-hydrogen) atoms. The number of hydrogen-bond donors (Lipinski definition) is 0. The third kappa shape index (κ3) is 4.73. The van der Waals surface area contributed by atoms with Gasteiger partial charge in [0.05, 0.1) is 0 Å². The summed E-state index contributed by atoms with van der Waals surface area (Å²) in [7, 11) is 0. The Bertz CT molecular complexity index is 2790. The highest BCUT2D eigenvalue weighted by Gasteiger charge is 2.17. The second-order valence-corrected chi connectivity index (χ2v) is 13.0. The van der Waals surface area contributed by atoms with E-state index < -0.39 is 0 Å². The topological polar surface area (TPSA) is 16.4 Å². The van der Waals surface area contributed by atoms with Crippen LogP contribution in [0.2, 0.25) is 0 Å². The minimum Gasteiger partial charge on any atom is -0.456 e. The Morgan fingerprint density at radius 2 is 0.800 bits per heavy atom. The summed E-state index contributed by atoms with van der Waals surface area (Å²) < 4.78 is 6.22. The van der Waals surface area contributed by atoms with Gasteiger partial charge in [-0.2, -0.15) is 0 Å². The van der Waals surface area contributed by atoms with Crippen molar-refractivity contribution in [1.29, 1.82) is 0 Å². The van der Waals surface area contributed by atoms with E-state index in [1.807, 2.05) is 18.2 Å². The van der Waals surface area contributed by atoms with E-state index in [2.05, 4.69) is 175 Å². The van der Waals surface area contributed by atoms with E-state index >= 15 is 0 Å². The Labute approximate surface area is 290 Å². The molecule has 2 heteroatoms. The first kappa shape index (κ1) is 28.4. The van der Waals surface area contributed by atoms with E-state index in [4.69, 9.17) is 4.42 Å². The molecule has 0 aliphatic carbocycles. The van der Waals surface area contributed by atoms with E-state index in [0.29, 0.717) is 0 Å². The van der Waals surface area contributed by atoms with Gasteiger partial charge >= 0.3 is 0 Å². The van der Waals surface area contributed by atoms with Crippen molar-refractivity contribution in [3.8, 4) is 22.5 Å². The summed E-state index contributed by atoms with van der Waals surface area (Å²) in [5.74, 6) is 0.869. The number of benzene rings is 9. The summed E-state index contributed by atoms with van der Waals surface area (Å²) in [6.45, 7) is 0. The Balaban J connectivity index is 1.12. The molecule has 1 aromatic heterocycles. The molecule has 9 aromatic carbocycles. The maximum atomic E-state index is 6.22. The van der Waals surface area contributed by atoms with Gasteiger partial charge in [0.1, 0.15) is 11.3 Å². The van der Waals surface area contributed by atoms with Gasteiger partial charge in [-0.05, 0) is 121 Å². The molecular weight excluding hydrogens is 607 g/mol. The number of nitrogens with zero attached hydrogens (tertiary/aromatic N) is 1. The van der Waals surface area contributed by atoms with Crippen LogP contribution in [-0.4, -0.2) is 0 Å². The molecule has 0 spiro atoms. The Morgan fingerprint density at radius 3 is 1.46 bits per heavy atom.